The number of alkyl halides is 3. The zero-order valence-electron chi connectivity index (χ0n) is 18.6. The van der Waals surface area contributed by atoms with Crippen molar-refractivity contribution in [1.29, 1.82) is 0 Å². The average molecular weight is 435 g/mol. The average Bonchev–Trinajstić information content (AvgIpc) is 2.54. The van der Waals surface area contributed by atoms with Crippen LogP contribution in [0.5, 0.6) is 5.75 Å². The van der Waals surface area contributed by atoms with Gasteiger partial charge in [-0.2, -0.15) is 13.2 Å². The predicted molar refractivity (Wildman–Crippen MR) is 109 cm³/mol. The molecule has 0 heterocycles. The molecule has 0 amide bonds. The van der Waals surface area contributed by atoms with Crippen LogP contribution in [0.4, 0.5) is 13.2 Å². The first-order valence-corrected chi connectivity index (χ1v) is 12.5. The van der Waals surface area contributed by atoms with E-state index in [0.29, 0.717) is 0 Å². The highest BCUT2D eigenvalue weighted by Gasteiger charge is 2.40. The lowest BCUT2D eigenvalue weighted by Crippen LogP contribution is -2.47. The normalized spacial score (nSPS) is 14.4. The maximum atomic E-state index is 12.9. The van der Waals surface area contributed by atoms with E-state index in [9.17, 15) is 18.0 Å². The minimum Gasteiger partial charge on any atom is -0.491 e. The van der Waals surface area contributed by atoms with Crippen molar-refractivity contribution < 1.29 is 31.9 Å². The topological polar surface area (TPSA) is 44.8 Å². The minimum absolute atomic E-state index is 0.0226. The molecule has 0 saturated carbocycles. The van der Waals surface area contributed by atoms with Crippen molar-refractivity contribution >= 4 is 14.3 Å². The first-order valence-electron chi connectivity index (χ1n) is 9.58. The molecule has 0 aliphatic rings. The number of carbonyl (C=O) groups excluding carboxylic acids is 1. The van der Waals surface area contributed by atoms with Crippen molar-refractivity contribution in [1.82, 2.24) is 0 Å². The van der Waals surface area contributed by atoms with Crippen LogP contribution in [0.15, 0.2) is 24.3 Å². The molecule has 0 saturated heterocycles. The van der Waals surface area contributed by atoms with E-state index in [4.69, 9.17) is 13.9 Å². The lowest BCUT2D eigenvalue weighted by atomic mass is 9.97. The van der Waals surface area contributed by atoms with Gasteiger partial charge in [0.1, 0.15) is 25.1 Å². The Morgan fingerprint density at radius 2 is 1.62 bits per heavy atom. The molecule has 1 rings (SSSR count). The maximum Gasteiger partial charge on any atom is 0.416 e. The van der Waals surface area contributed by atoms with Crippen LogP contribution in [0.3, 0.4) is 0 Å². The van der Waals surface area contributed by atoms with E-state index in [2.05, 4.69) is 33.9 Å². The summed E-state index contributed by atoms with van der Waals surface area (Å²) in [6, 6.07) is 4.69. The van der Waals surface area contributed by atoms with Gasteiger partial charge in [0.25, 0.3) is 0 Å². The second kappa shape index (κ2) is 9.08. The Bertz CT molecular complexity index is 688. The molecule has 0 aliphatic heterocycles. The quantitative estimate of drug-likeness (QED) is 0.386. The molecule has 4 nitrogen and oxygen atoms in total. The van der Waals surface area contributed by atoms with E-state index in [1.165, 1.54) is 12.1 Å². The van der Waals surface area contributed by atoms with Crippen molar-refractivity contribution in [3.8, 4) is 5.75 Å². The number of ether oxygens (including phenoxy) is 2. The number of hydrogen-bond acceptors (Lipinski definition) is 4. The third kappa shape index (κ3) is 8.01. The minimum atomic E-state index is -4.45. The van der Waals surface area contributed by atoms with Crippen LogP contribution in [0.25, 0.3) is 0 Å². The van der Waals surface area contributed by atoms with Crippen molar-refractivity contribution in [3.63, 3.8) is 0 Å². The van der Waals surface area contributed by atoms with Gasteiger partial charge in [0.2, 0.25) is 0 Å². The zero-order chi connectivity index (χ0) is 22.7. The van der Waals surface area contributed by atoms with Crippen LogP contribution in [0.1, 0.15) is 47.1 Å². The lowest BCUT2D eigenvalue weighted by molar-refractivity contribution is -0.156. The molecule has 0 bridgehead atoms. The smallest absolute Gasteiger partial charge is 0.416 e. The van der Waals surface area contributed by atoms with E-state index in [1.54, 1.807) is 20.8 Å². The fourth-order valence-corrected chi connectivity index (χ4v) is 3.37. The summed E-state index contributed by atoms with van der Waals surface area (Å²) in [6.45, 7) is 15.5. The number of rotatable bonds is 7. The van der Waals surface area contributed by atoms with Gasteiger partial charge in [0.15, 0.2) is 8.32 Å². The Morgan fingerprint density at radius 3 is 2.10 bits per heavy atom. The molecule has 0 fully saturated rings. The molecule has 1 aromatic rings. The van der Waals surface area contributed by atoms with Crippen LogP contribution >= 0.6 is 0 Å². The summed E-state index contributed by atoms with van der Waals surface area (Å²) in [5, 5.41) is -0.0878. The summed E-state index contributed by atoms with van der Waals surface area (Å²) in [7, 11) is -2.22. The molecule has 1 atom stereocenters. The van der Waals surface area contributed by atoms with Crippen molar-refractivity contribution in [2.75, 3.05) is 13.2 Å². The Kier molecular flexibility index (Phi) is 7.98. The first-order chi connectivity index (χ1) is 12.9. The molecule has 29 heavy (non-hydrogen) atoms. The standard InChI is InChI=1S/C21H33F3O4Si/c1-19(2,3)18(25)27-14-17(28-29(7,8)20(4,5)6)13-26-16-11-9-10-15(12-16)21(22,23)24/h9-12,17H,13-14H2,1-8H3. The van der Waals surface area contributed by atoms with E-state index in [1.807, 2.05) is 0 Å². The zero-order valence-corrected chi connectivity index (χ0v) is 19.6. The van der Waals surface area contributed by atoms with Gasteiger partial charge in [0.05, 0.1) is 11.0 Å². The van der Waals surface area contributed by atoms with Gasteiger partial charge in [-0.15, -0.1) is 0 Å². The SMILES string of the molecule is CC(C)(C)C(=O)OCC(COc1cccc(C(F)(F)F)c1)O[Si](C)(C)C(C)(C)C. The molecular weight excluding hydrogens is 401 g/mol. The molecule has 1 unspecified atom stereocenters. The molecule has 0 N–H and O–H groups in total. The number of benzene rings is 1. The van der Waals surface area contributed by atoms with E-state index < -0.39 is 31.6 Å². The molecule has 0 aromatic heterocycles. The van der Waals surface area contributed by atoms with Crippen LogP contribution in [-0.2, 0) is 20.1 Å². The molecular formula is C21H33F3O4Si. The van der Waals surface area contributed by atoms with Crippen LogP contribution in [-0.4, -0.2) is 33.6 Å². The molecule has 166 valence electrons. The van der Waals surface area contributed by atoms with Crippen LogP contribution in [0.2, 0.25) is 18.1 Å². The summed E-state index contributed by atoms with van der Waals surface area (Å²) in [5.74, 6) is -0.286. The number of halogens is 3. The fourth-order valence-electron chi connectivity index (χ4n) is 2.05. The van der Waals surface area contributed by atoms with Crippen LogP contribution < -0.4 is 4.74 Å². The monoisotopic (exact) mass is 434 g/mol. The molecule has 0 aliphatic carbocycles. The second-order valence-electron chi connectivity index (χ2n) is 9.69. The molecule has 8 heteroatoms. The lowest BCUT2D eigenvalue weighted by Gasteiger charge is -2.39. The van der Waals surface area contributed by atoms with Gasteiger partial charge in [-0.05, 0) is 57.1 Å². The van der Waals surface area contributed by atoms with E-state index in [-0.39, 0.29) is 30.0 Å². The molecule has 1 aromatic carbocycles. The van der Waals surface area contributed by atoms with Crippen molar-refractivity contribution in [2.24, 2.45) is 5.41 Å². The Hall–Kier alpha value is -1.54. The summed E-state index contributed by atoms with van der Waals surface area (Å²) in [4.78, 5) is 12.1. The van der Waals surface area contributed by atoms with Crippen molar-refractivity contribution in [3.05, 3.63) is 29.8 Å². The van der Waals surface area contributed by atoms with Gasteiger partial charge < -0.3 is 13.9 Å². The Balaban J connectivity index is 2.92. The largest absolute Gasteiger partial charge is 0.491 e. The third-order valence-corrected chi connectivity index (χ3v) is 9.41. The molecule has 0 spiro atoms. The second-order valence-corrected chi connectivity index (χ2v) is 14.4. The number of carbonyl (C=O) groups is 1. The van der Waals surface area contributed by atoms with Gasteiger partial charge in [-0.3, -0.25) is 4.79 Å². The third-order valence-electron chi connectivity index (χ3n) is 4.88. The van der Waals surface area contributed by atoms with Crippen LogP contribution in [0, 0.1) is 5.41 Å². The Labute approximate surface area is 172 Å². The highest BCUT2D eigenvalue weighted by Crippen LogP contribution is 2.37. The summed E-state index contributed by atoms with van der Waals surface area (Å²) in [5.41, 5.74) is -1.44. The van der Waals surface area contributed by atoms with Gasteiger partial charge in [-0.25, -0.2) is 0 Å². The summed E-state index contributed by atoms with van der Waals surface area (Å²) < 4.78 is 56.0. The van der Waals surface area contributed by atoms with E-state index in [0.717, 1.165) is 12.1 Å². The first kappa shape index (κ1) is 25.5. The summed E-state index contributed by atoms with van der Waals surface area (Å²) in [6.07, 6.45) is -5.03. The predicted octanol–water partition coefficient (Wildman–Crippen LogP) is 6.06. The van der Waals surface area contributed by atoms with E-state index >= 15 is 0 Å². The Morgan fingerprint density at radius 1 is 1.03 bits per heavy atom. The molecule has 0 radical (unpaired) electrons. The fraction of sp³-hybridized carbons (Fsp3) is 0.667. The maximum absolute atomic E-state index is 12.9. The number of esters is 1. The highest BCUT2D eigenvalue weighted by molar-refractivity contribution is 6.74. The van der Waals surface area contributed by atoms with Gasteiger partial charge in [0, 0.05) is 0 Å². The van der Waals surface area contributed by atoms with Gasteiger partial charge in [-0.1, -0.05) is 26.8 Å². The summed E-state index contributed by atoms with van der Waals surface area (Å²) >= 11 is 0. The number of hydrogen-bond donors (Lipinski definition) is 0. The van der Waals surface area contributed by atoms with Crippen molar-refractivity contribution in [2.45, 2.75) is 72.0 Å². The van der Waals surface area contributed by atoms with Gasteiger partial charge >= 0.3 is 12.1 Å². The highest BCUT2D eigenvalue weighted by atomic mass is 28.4.